The molecule has 8 heteroatoms. The van der Waals surface area contributed by atoms with E-state index >= 15 is 0 Å². The highest BCUT2D eigenvalue weighted by molar-refractivity contribution is 7.89. The molecule has 0 aromatic heterocycles. The minimum absolute atomic E-state index is 0.102. The summed E-state index contributed by atoms with van der Waals surface area (Å²) in [7, 11) is -2.49. The van der Waals surface area contributed by atoms with Crippen LogP contribution in [0.4, 0.5) is 5.69 Å². The Morgan fingerprint density at radius 1 is 1.00 bits per heavy atom. The molecule has 0 saturated carbocycles. The van der Waals surface area contributed by atoms with Crippen molar-refractivity contribution in [3.8, 4) is 0 Å². The molecule has 0 spiro atoms. The van der Waals surface area contributed by atoms with Gasteiger partial charge in [-0.1, -0.05) is 19.1 Å². The number of ether oxygens (including phenoxy) is 1. The van der Waals surface area contributed by atoms with Crippen LogP contribution in [0.5, 0.6) is 0 Å². The van der Waals surface area contributed by atoms with Crippen LogP contribution in [0.2, 0.25) is 0 Å². The van der Waals surface area contributed by atoms with Gasteiger partial charge in [-0.25, -0.2) is 17.9 Å². The van der Waals surface area contributed by atoms with Crippen LogP contribution in [-0.2, 0) is 26.0 Å². The van der Waals surface area contributed by atoms with Gasteiger partial charge in [-0.15, -0.1) is 0 Å². The first-order valence-electron chi connectivity index (χ1n) is 7.92. The lowest BCUT2D eigenvalue weighted by Gasteiger charge is -2.09. The predicted octanol–water partition coefficient (Wildman–Crippen LogP) is 1.95. The first-order valence-corrected chi connectivity index (χ1v) is 9.41. The number of anilines is 1. The number of esters is 1. The topological polar surface area (TPSA) is 102 Å². The van der Waals surface area contributed by atoms with E-state index < -0.39 is 28.4 Å². The quantitative estimate of drug-likeness (QED) is 0.719. The minimum atomic E-state index is -3.77. The Morgan fingerprint density at radius 3 is 2.15 bits per heavy atom. The third-order valence-electron chi connectivity index (χ3n) is 3.65. The predicted molar refractivity (Wildman–Crippen MR) is 97.4 cm³/mol. The van der Waals surface area contributed by atoms with Crippen LogP contribution in [0, 0.1) is 0 Å². The lowest BCUT2D eigenvalue weighted by atomic mass is 10.2. The third-order valence-corrected chi connectivity index (χ3v) is 5.07. The molecule has 0 aliphatic heterocycles. The second-order valence-electron chi connectivity index (χ2n) is 5.44. The van der Waals surface area contributed by atoms with Crippen molar-refractivity contribution >= 4 is 27.6 Å². The Balaban J connectivity index is 1.93. The molecule has 1 amide bonds. The van der Waals surface area contributed by atoms with Crippen molar-refractivity contribution in [3.63, 3.8) is 0 Å². The fraction of sp³-hybridized carbons (Fsp3) is 0.222. The molecule has 2 aromatic carbocycles. The molecule has 0 aliphatic rings. The maximum absolute atomic E-state index is 12.2. The number of carbonyl (C=O) groups excluding carboxylic acids is 2. The average Bonchev–Trinajstić information content (AvgIpc) is 2.66. The highest BCUT2D eigenvalue weighted by Crippen LogP contribution is 2.12. The number of sulfonamides is 1. The van der Waals surface area contributed by atoms with Crippen LogP contribution in [-0.4, -0.2) is 33.9 Å². The summed E-state index contributed by atoms with van der Waals surface area (Å²) in [4.78, 5) is 23.4. The minimum Gasteiger partial charge on any atom is -0.465 e. The van der Waals surface area contributed by atoms with Crippen molar-refractivity contribution in [2.75, 3.05) is 19.0 Å². The number of carbonyl (C=O) groups is 2. The molecule has 2 rings (SSSR count). The zero-order chi connectivity index (χ0) is 19.2. The van der Waals surface area contributed by atoms with Crippen LogP contribution in [0.3, 0.4) is 0 Å². The third kappa shape index (κ3) is 5.14. The van der Waals surface area contributed by atoms with Crippen LogP contribution in [0.1, 0.15) is 22.8 Å². The monoisotopic (exact) mass is 376 g/mol. The molecule has 0 unspecified atom stereocenters. The Bertz CT molecular complexity index is 875. The first-order chi connectivity index (χ1) is 12.4. The van der Waals surface area contributed by atoms with E-state index in [1.165, 1.54) is 43.5 Å². The number of hydrogen-bond acceptors (Lipinski definition) is 5. The molecule has 138 valence electrons. The molecular formula is C18H20N2O5S. The Kier molecular flexibility index (Phi) is 6.48. The SMILES string of the molecule is CCc1ccc(S(=O)(=O)NCC(=O)Nc2ccc(C(=O)OC)cc2)cc1. The van der Waals surface area contributed by atoms with Gasteiger partial charge in [0.15, 0.2) is 0 Å². The van der Waals surface area contributed by atoms with Gasteiger partial charge in [-0.2, -0.15) is 0 Å². The van der Waals surface area contributed by atoms with E-state index in [0.717, 1.165) is 12.0 Å². The molecule has 0 atom stereocenters. The van der Waals surface area contributed by atoms with Crippen LogP contribution < -0.4 is 10.0 Å². The molecule has 2 N–H and O–H groups in total. The summed E-state index contributed by atoms with van der Waals surface area (Å²) in [5.41, 5.74) is 1.81. The summed E-state index contributed by atoms with van der Waals surface area (Å²) in [6.07, 6.45) is 0.810. The molecule has 0 aliphatic carbocycles. The molecule has 0 bridgehead atoms. The van der Waals surface area contributed by atoms with Crippen molar-refractivity contribution in [2.45, 2.75) is 18.2 Å². The molecule has 0 radical (unpaired) electrons. The lowest BCUT2D eigenvalue weighted by Crippen LogP contribution is -2.32. The van der Waals surface area contributed by atoms with Gasteiger partial charge in [0.25, 0.3) is 0 Å². The largest absolute Gasteiger partial charge is 0.465 e. The van der Waals surface area contributed by atoms with Gasteiger partial charge >= 0.3 is 5.97 Å². The molecule has 26 heavy (non-hydrogen) atoms. The van der Waals surface area contributed by atoms with Crippen molar-refractivity contribution < 1.29 is 22.7 Å². The zero-order valence-electron chi connectivity index (χ0n) is 14.5. The fourth-order valence-corrected chi connectivity index (χ4v) is 3.14. The number of methoxy groups -OCH3 is 1. The standard InChI is InChI=1S/C18H20N2O5S/c1-3-13-4-10-16(11-5-13)26(23,24)19-12-17(21)20-15-8-6-14(7-9-15)18(22)25-2/h4-11,19H,3,12H2,1-2H3,(H,20,21). The van der Waals surface area contributed by atoms with Gasteiger partial charge in [0.2, 0.25) is 15.9 Å². The maximum atomic E-state index is 12.2. The molecular weight excluding hydrogens is 356 g/mol. The van der Waals surface area contributed by atoms with Crippen LogP contribution in [0.25, 0.3) is 0 Å². The molecule has 0 fully saturated rings. The maximum Gasteiger partial charge on any atom is 0.337 e. The van der Waals surface area contributed by atoms with Gasteiger partial charge in [-0.05, 0) is 48.4 Å². The molecule has 0 heterocycles. The van der Waals surface area contributed by atoms with Crippen LogP contribution >= 0.6 is 0 Å². The Hall–Kier alpha value is -2.71. The van der Waals surface area contributed by atoms with E-state index in [-0.39, 0.29) is 4.90 Å². The summed E-state index contributed by atoms with van der Waals surface area (Å²) >= 11 is 0. The summed E-state index contributed by atoms with van der Waals surface area (Å²) in [5.74, 6) is -1.01. The van der Waals surface area contributed by atoms with Gasteiger partial charge in [0.1, 0.15) is 0 Å². The zero-order valence-corrected chi connectivity index (χ0v) is 15.3. The molecule has 7 nitrogen and oxygen atoms in total. The van der Waals surface area contributed by atoms with Crippen molar-refractivity contribution in [2.24, 2.45) is 0 Å². The van der Waals surface area contributed by atoms with E-state index in [4.69, 9.17) is 0 Å². The van der Waals surface area contributed by atoms with E-state index in [9.17, 15) is 18.0 Å². The smallest absolute Gasteiger partial charge is 0.337 e. The Morgan fingerprint density at radius 2 is 1.62 bits per heavy atom. The molecule has 0 saturated heterocycles. The van der Waals surface area contributed by atoms with Crippen LogP contribution in [0.15, 0.2) is 53.4 Å². The number of rotatable bonds is 7. The summed E-state index contributed by atoms with van der Waals surface area (Å²) in [6, 6.07) is 12.5. The van der Waals surface area contributed by atoms with Crippen molar-refractivity contribution in [1.82, 2.24) is 4.72 Å². The van der Waals surface area contributed by atoms with Gasteiger partial charge in [0, 0.05) is 5.69 Å². The first kappa shape index (κ1) is 19.6. The highest BCUT2D eigenvalue weighted by atomic mass is 32.2. The number of aryl methyl sites for hydroxylation is 1. The highest BCUT2D eigenvalue weighted by Gasteiger charge is 2.15. The van der Waals surface area contributed by atoms with E-state index in [0.29, 0.717) is 11.3 Å². The normalized spacial score (nSPS) is 11.0. The van der Waals surface area contributed by atoms with E-state index in [2.05, 4.69) is 14.8 Å². The average molecular weight is 376 g/mol. The summed E-state index contributed by atoms with van der Waals surface area (Å²) in [5, 5.41) is 2.55. The number of benzene rings is 2. The van der Waals surface area contributed by atoms with Crippen molar-refractivity contribution in [1.29, 1.82) is 0 Å². The van der Waals surface area contributed by atoms with Crippen molar-refractivity contribution in [3.05, 3.63) is 59.7 Å². The fourth-order valence-electron chi connectivity index (χ4n) is 2.16. The number of amides is 1. The number of hydrogen-bond donors (Lipinski definition) is 2. The second-order valence-corrected chi connectivity index (χ2v) is 7.21. The number of nitrogens with one attached hydrogen (secondary N) is 2. The second kappa shape index (κ2) is 8.59. The molecule has 2 aromatic rings. The van der Waals surface area contributed by atoms with E-state index in [1.54, 1.807) is 12.1 Å². The van der Waals surface area contributed by atoms with Gasteiger partial charge in [-0.3, -0.25) is 4.79 Å². The van der Waals surface area contributed by atoms with Gasteiger partial charge in [0.05, 0.1) is 24.1 Å². The van der Waals surface area contributed by atoms with Gasteiger partial charge < -0.3 is 10.1 Å². The summed E-state index contributed by atoms with van der Waals surface area (Å²) < 4.78 is 31.2. The lowest BCUT2D eigenvalue weighted by molar-refractivity contribution is -0.115. The Labute approximate surface area is 152 Å². The van der Waals surface area contributed by atoms with E-state index in [1.807, 2.05) is 6.92 Å². The summed E-state index contributed by atoms with van der Waals surface area (Å²) in [6.45, 7) is 1.57.